The molecule has 1 fully saturated rings. The van der Waals surface area contributed by atoms with Crippen molar-refractivity contribution < 1.29 is 0 Å². The second-order valence-corrected chi connectivity index (χ2v) is 5.56. The molecule has 1 rings (SSSR count). The zero-order valence-corrected chi connectivity index (χ0v) is 11.9. The third-order valence-corrected chi connectivity index (χ3v) is 3.84. The predicted molar refractivity (Wildman–Crippen MR) is 75.5 cm³/mol. The van der Waals surface area contributed by atoms with Crippen LogP contribution in [0.15, 0.2) is 0 Å². The van der Waals surface area contributed by atoms with E-state index in [-0.39, 0.29) is 0 Å². The minimum Gasteiger partial charge on any atom is -0.301 e. The molecule has 0 aromatic carbocycles. The molecule has 3 heteroatoms. The molecule has 0 N–H and O–H groups in total. The Morgan fingerprint density at radius 2 is 1.56 bits per heavy atom. The molecule has 0 aromatic rings. The molecule has 0 unspecified atom stereocenters. The van der Waals surface area contributed by atoms with Crippen LogP contribution in [-0.2, 0) is 0 Å². The van der Waals surface area contributed by atoms with Gasteiger partial charge in [0.15, 0.2) is 0 Å². The van der Waals surface area contributed by atoms with E-state index in [2.05, 4.69) is 36.3 Å². The topological polar surface area (TPSA) is 6.48 Å². The summed E-state index contributed by atoms with van der Waals surface area (Å²) in [6.07, 6.45) is 5.39. The maximum Gasteiger partial charge on any atom is 0.0113 e. The average Bonchev–Trinajstić information content (AvgIpc) is 2.29. The Labute approximate surface area is 107 Å². The minimum absolute atomic E-state index is 0.720. The summed E-state index contributed by atoms with van der Waals surface area (Å²) in [4.78, 5) is 5.21. The summed E-state index contributed by atoms with van der Waals surface area (Å²) < 4.78 is 0. The Balaban J connectivity index is 1.99. The molecular weight excluding hydrogens is 216 g/mol. The van der Waals surface area contributed by atoms with Crippen LogP contribution >= 0.6 is 12.6 Å². The highest BCUT2D eigenvalue weighted by Gasteiger charge is 2.17. The van der Waals surface area contributed by atoms with E-state index in [4.69, 9.17) is 0 Å². The molecule has 0 amide bonds. The van der Waals surface area contributed by atoms with Gasteiger partial charge in [0.05, 0.1) is 0 Å². The molecule has 0 aromatic heterocycles. The molecule has 2 nitrogen and oxygen atoms in total. The van der Waals surface area contributed by atoms with Crippen molar-refractivity contribution in [1.82, 2.24) is 9.80 Å². The molecule has 1 aliphatic rings. The van der Waals surface area contributed by atoms with Crippen molar-refractivity contribution in [2.45, 2.75) is 45.6 Å². The van der Waals surface area contributed by atoms with Crippen LogP contribution in [0, 0.1) is 0 Å². The van der Waals surface area contributed by atoms with Gasteiger partial charge in [0, 0.05) is 32.2 Å². The van der Waals surface area contributed by atoms with Gasteiger partial charge in [0.25, 0.3) is 0 Å². The van der Waals surface area contributed by atoms with Crippen LogP contribution in [-0.4, -0.2) is 54.3 Å². The lowest BCUT2D eigenvalue weighted by molar-refractivity contribution is 0.107. The number of rotatable bonds is 7. The van der Waals surface area contributed by atoms with Gasteiger partial charge in [-0.2, -0.15) is 12.6 Å². The van der Waals surface area contributed by atoms with E-state index in [0.29, 0.717) is 0 Å². The molecule has 0 bridgehead atoms. The zero-order valence-electron chi connectivity index (χ0n) is 11.0. The van der Waals surface area contributed by atoms with Gasteiger partial charge in [-0.15, -0.1) is 0 Å². The fourth-order valence-corrected chi connectivity index (χ4v) is 2.53. The summed E-state index contributed by atoms with van der Waals surface area (Å²) in [7, 11) is 0. The first-order valence-corrected chi connectivity index (χ1v) is 7.44. The number of hydrogen-bond acceptors (Lipinski definition) is 3. The first-order chi connectivity index (χ1) is 7.74. The Morgan fingerprint density at radius 1 is 0.938 bits per heavy atom. The maximum absolute atomic E-state index is 4.24. The van der Waals surface area contributed by atoms with E-state index in [0.717, 1.165) is 11.8 Å². The number of piperazine rings is 1. The molecule has 0 spiro atoms. The van der Waals surface area contributed by atoms with Crippen molar-refractivity contribution in [3.8, 4) is 0 Å². The Kier molecular flexibility index (Phi) is 7.50. The van der Waals surface area contributed by atoms with E-state index in [1.165, 1.54) is 58.4 Å². The first kappa shape index (κ1) is 14.3. The quantitative estimate of drug-likeness (QED) is 0.543. The van der Waals surface area contributed by atoms with Crippen molar-refractivity contribution in [3.63, 3.8) is 0 Å². The normalized spacial score (nSPS) is 19.5. The lowest BCUT2D eigenvalue weighted by atomic mass is 10.2. The molecule has 0 radical (unpaired) electrons. The van der Waals surface area contributed by atoms with Gasteiger partial charge in [-0.25, -0.2) is 0 Å². The van der Waals surface area contributed by atoms with Crippen molar-refractivity contribution in [2.24, 2.45) is 0 Å². The summed E-state index contributed by atoms with van der Waals surface area (Å²) >= 11 is 4.24. The monoisotopic (exact) mass is 244 g/mol. The van der Waals surface area contributed by atoms with Crippen molar-refractivity contribution in [3.05, 3.63) is 0 Å². The number of thiol groups is 1. The summed E-state index contributed by atoms with van der Waals surface area (Å²) in [5.41, 5.74) is 0. The van der Waals surface area contributed by atoms with E-state index >= 15 is 0 Å². The molecule has 0 aliphatic carbocycles. The maximum atomic E-state index is 4.24. The summed E-state index contributed by atoms with van der Waals surface area (Å²) in [5.74, 6) is 1.05. The molecule has 1 saturated heterocycles. The summed E-state index contributed by atoms with van der Waals surface area (Å²) in [5, 5.41) is 0. The van der Waals surface area contributed by atoms with Crippen LogP contribution < -0.4 is 0 Å². The van der Waals surface area contributed by atoms with Crippen LogP contribution in [0.2, 0.25) is 0 Å². The van der Waals surface area contributed by atoms with Gasteiger partial charge in [0.2, 0.25) is 0 Å². The lowest BCUT2D eigenvalue weighted by Gasteiger charge is -2.36. The zero-order chi connectivity index (χ0) is 11.8. The summed E-state index contributed by atoms with van der Waals surface area (Å²) in [6.45, 7) is 11.0. The average molecular weight is 244 g/mol. The highest BCUT2D eigenvalue weighted by molar-refractivity contribution is 7.80. The molecule has 16 heavy (non-hydrogen) atoms. The largest absolute Gasteiger partial charge is 0.301 e. The van der Waals surface area contributed by atoms with Crippen molar-refractivity contribution in [1.29, 1.82) is 0 Å². The Hall–Kier alpha value is 0.270. The molecule has 0 saturated carbocycles. The second kappa shape index (κ2) is 8.37. The third-order valence-electron chi connectivity index (χ3n) is 3.52. The number of nitrogens with zero attached hydrogens (tertiary/aromatic N) is 2. The van der Waals surface area contributed by atoms with E-state index in [9.17, 15) is 0 Å². The van der Waals surface area contributed by atoms with Crippen LogP contribution in [0.4, 0.5) is 0 Å². The summed E-state index contributed by atoms with van der Waals surface area (Å²) in [6, 6.07) is 0.720. The van der Waals surface area contributed by atoms with Gasteiger partial charge in [-0.3, -0.25) is 4.90 Å². The molecular formula is C13H28N2S. The fourth-order valence-electron chi connectivity index (χ4n) is 2.30. The first-order valence-electron chi connectivity index (χ1n) is 6.81. The fraction of sp³-hybridized carbons (Fsp3) is 1.00. The molecule has 1 heterocycles. The van der Waals surface area contributed by atoms with E-state index in [1.807, 2.05) is 0 Å². The van der Waals surface area contributed by atoms with Gasteiger partial charge >= 0.3 is 0 Å². The van der Waals surface area contributed by atoms with Crippen LogP contribution in [0.25, 0.3) is 0 Å². The van der Waals surface area contributed by atoms with E-state index in [1.54, 1.807) is 0 Å². The minimum atomic E-state index is 0.720. The standard InChI is InChI=1S/C13H28N2S/c1-13(2)15-10-8-14(9-11-15)7-5-3-4-6-12-16/h13,16H,3-12H2,1-2H3. The predicted octanol–water partition coefficient (Wildman–Crippen LogP) is 2.50. The van der Waals surface area contributed by atoms with Crippen LogP contribution in [0.3, 0.4) is 0 Å². The van der Waals surface area contributed by atoms with Crippen molar-refractivity contribution in [2.75, 3.05) is 38.5 Å². The smallest absolute Gasteiger partial charge is 0.0113 e. The lowest BCUT2D eigenvalue weighted by Crippen LogP contribution is -2.48. The molecule has 96 valence electrons. The number of hydrogen-bond donors (Lipinski definition) is 1. The highest BCUT2D eigenvalue weighted by Crippen LogP contribution is 2.08. The Morgan fingerprint density at radius 3 is 2.12 bits per heavy atom. The second-order valence-electron chi connectivity index (χ2n) is 5.11. The third kappa shape index (κ3) is 5.55. The Bertz CT molecular complexity index is 165. The van der Waals surface area contributed by atoms with Gasteiger partial charge in [-0.05, 0) is 39.0 Å². The SMILES string of the molecule is CC(C)N1CCN(CCCCCCS)CC1. The van der Waals surface area contributed by atoms with Crippen LogP contribution in [0.5, 0.6) is 0 Å². The van der Waals surface area contributed by atoms with Crippen molar-refractivity contribution >= 4 is 12.6 Å². The van der Waals surface area contributed by atoms with Gasteiger partial charge < -0.3 is 4.90 Å². The van der Waals surface area contributed by atoms with Gasteiger partial charge in [0.1, 0.15) is 0 Å². The van der Waals surface area contributed by atoms with E-state index < -0.39 is 0 Å². The number of unbranched alkanes of at least 4 members (excludes halogenated alkanes) is 3. The van der Waals surface area contributed by atoms with Crippen LogP contribution in [0.1, 0.15) is 39.5 Å². The highest BCUT2D eigenvalue weighted by atomic mass is 32.1. The van der Waals surface area contributed by atoms with Gasteiger partial charge in [-0.1, -0.05) is 12.8 Å². The molecule has 0 atom stereocenters. The molecule has 1 aliphatic heterocycles.